The number of hydrogen-bond acceptors (Lipinski definition) is 2. The van der Waals surface area contributed by atoms with E-state index < -0.39 is 0 Å². The fraction of sp³-hybridized carbons (Fsp3) is 0.583. The molecule has 1 aromatic heterocycles. The number of nitrogens with zero attached hydrogens (tertiary/aromatic N) is 1. The molecular formula is C12H19ClN2. The predicted octanol–water partition coefficient (Wildman–Crippen LogP) is 3.04. The highest BCUT2D eigenvalue weighted by Gasteiger charge is 2.13. The lowest BCUT2D eigenvalue weighted by molar-refractivity contribution is 0.420. The van der Waals surface area contributed by atoms with Crippen molar-refractivity contribution >= 4 is 11.6 Å². The molecule has 0 saturated carbocycles. The van der Waals surface area contributed by atoms with Crippen molar-refractivity contribution in [3.05, 3.63) is 29.0 Å². The molecule has 2 unspecified atom stereocenters. The van der Waals surface area contributed by atoms with Gasteiger partial charge >= 0.3 is 0 Å². The summed E-state index contributed by atoms with van der Waals surface area (Å²) in [6, 6.07) is 2.13. The first kappa shape index (κ1) is 12.5. The molecule has 0 fully saturated rings. The van der Waals surface area contributed by atoms with Crippen LogP contribution in [0, 0.1) is 5.92 Å². The van der Waals surface area contributed by atoms with Crippen LogP contribution in [0.1, 0.15) is 32.3 Å². The molecule has 0 bridgehead atoms. The van der Waals surface area contributed by atoms with E-state index in [0.29, 0.717) is 5.92 Å². The molecule has 15 heavy (non-hydrogen) atoms. The summed E-state index contributed by atoms with van der Waals surface area (Å²) < 4.78 is 0. The molecule has 84 valence electrons. The lowest BCUT2D eigenvalue weighted by Crippen LogP contribution is -2.30. The molecule has 1 aromatic rings. The summed E-state index contributed by atoms with van der Waals surface area (Å²) in [7, 11) is 0. The van der Waals surface area contributed by atoms with E-state index in [-0.39, 0.29) is 6.04 Å². The monoisotopic (exact) mass is 226 g/mol. The standard InChI is InChI=1S/C12H19ClN2/c1-3-4-9(2)12(14)7-10-5-6-15-8-11(10)13/h5-6,8-9,12H,3-4,7,14H2,1-2H3. The molecule has 0 saturated heterocycles. The minimum atomic E-state index is 0.185. The summed E-state index contributed by atoms with van der Waals surface area (Å²) in [6.45, 7) is 4.38. The highest BCUT2D eigenvalue weighted by atomic mass is 35.5. The molecule has 0 amide bonds. The van der Waals surface area contributed by atoms with Crippen LogP contribution < -0.4 is 5.73 Å². The van der Waals surface area contributed by atoms with E-state index in [1.54, 1.807) is 12.4 Å². The first-order valence-corrected chi connectivity index (χ1v) is 5.87. The molecule has 0 aliphatic heterocycles. The molecule has 0 aromatic carbocycles. The molecule has 0 aliphatic carbocycles. The minimum Gasteiger partial charge on any atom is -0.327 e. The molecule has 3 heteroatoms. The number of halogens is 1. The van der Waals surface area contributed by atoms with E-state index in [2.05, 4.69) is 18.8 Å². The second kappa shape index (κ2) is 6.09. The number of pyridine rings is 1. The number of aromatic nitrogens is 1. The van der Waals surface area contributed by atoms with Crippen molar-refractivity contribution in [1.82, 2.24) is 4.98 Å². The van der Waals surface area contributed by atoms with Crippen molar-refractivity contribution in [2.45, 2.75) is 39.2 Å². The number of nitrogens with two attached hydrogens (primary N) is 1. The van der Waals surface area contributed by atoms with Crippen LogP contribution in [0.15, 0.2) is 18.5 Å². The van der Waals surface area contributed by atoms with E-state index in [1.807, 2.05) is 6.07 Å². The molecule has 0 radical (unpaired) electrons. The zero-order valence-corrected chi connectivity index (χ0v) is 10.2. The van der Waals surface area contributed by atoms with Crippen LogP contribution in [0.3, 0.4) is 0 Å². The van der Waals surface area contributed by atoms with E-state index in [0.717, 1.165) is 17.0 Å². The van der Waals surface area contributed by atoms with Crippen LogP contribution in [-0.4, -0.2) is 11.0 Å². The molecule has 2 atom stereocenters. The predicted molar refractivity (Wildman–Crippen MR) is 65.0 cm³/mol. The Morgan fingerprint density at radius 3 is 2.87 bits per heavy atom. The maximum absolute atomic E-state index is 6.13. The Morgan fingerprint density at radius 1 is 1.53 bits per heavy atom. The molecule has 2 N–H and O–H groups in total. The van der Waals surface area contributed by atoms with Gasteiger partial charge in [0.25, 0.3) is 0 Å². The van der Waals surface area contributed by atoms with Crippen molar-refractivity contribution < 1.29 is 0 Å². The largest absolute Gasteiger partial charge is 0.327 e. The van der Waals surface area contributed by atoms with E-state index in [4.69, 9.17) is 17.3 Å². The summed E-state index contributed by atoms with van der Waals surface area (Å²) in [5.74, 6) is 0.541. The van der Waals surface area contributed by atoms with Crippen molar-refractivity contribution in [2.75, 3.05) is 0 Å². The molecule has 1 rings (SSSR count). The second-order valence-electron chi connectivity index (χ2n) is 4.10. The number of rotatable bonds is 5. The zero-order chi connectivity index (χ0) is 11.3. The van der Waals surface area contributed by atoms with Gasteiger partial charge in [-0.1, -0.05) is 31.9 Å². The third kappa shape index (κ3) is 3.80. The molecule has 0 spiro atoms. The van der Waals surface area contributed by atoms with Gasteiger partial charge in [0.15, 0.2) is 0 Å². The van der Waals surface area contributed by atoms with Gasteiger partial charge in [-0.3, -0.25) is 4.98 Å². The van der Waals surface area contributed by atoms with Crippen LogP contribution in [-0.2, 0) is 6.42 Å². The lowest BCUT2D eigenvalue weighted by Gasteiger charge is -2.19. The van der Waals surface area contributed by atoms with Crippen molar-refractivity contribution in [3.8, 4) is 0 Å². The minimum absolute atomic E-state index is 0.185. The summed E-state index contributed by atoms with van der Waals surface area (Å²) in [6.07, 6.45) is 6.62. The molecule has 0 aliphatic rings. The second-order valence-corrected chi connectivity index (χ2v) is 4.51. The quantitative estimate of drug-likeness (QED) is 0.838. The third-order valence-corrected chi connectivity index (χ3v) is 3.13. The lowest BCUT2D eigenvalue weighted by atomic mass is 9.93. The Hall–Kier alpha value is -0.600. The average molecular weight is 227 g/mol. The van der Waals surface area contributed by atoms with Gasteiger partial charge in [-0.25, -0.2) is 0 Å². The molecular weight excluding hydrogens is 208 g/mol. The fourth-order valence-electron chi connectivity index (χ4n) is 1.69. The van der Waals surface area contributed by atoms with Gasteiger partial charge in [0.05, 0.1) is 5.02 Å². The van der Waals surface area contributed by atoms with Crippen molar-refractivity contribution in [1.29, 1.82) is 0 Å². The van der Waals surface area contributed by atoms with Crippen LogP contribution >= 0.6 is 11.6 Å². The normalized spacial score (nSPS) is 14.9. The third-order valence-electron chi connectivity index (χ3n) is 2.79. The zero-order valence-electron chi connectivity index (χ0n) is 9.41. The van der Waals surface area contributed by atoms with E-state index in [9.17, 15) is 0 Å². The summed E-state index contributed by atoms with van der Waals surface area (Å²) >= 11 is 6.03. The summed E-state index contributed by atoms with van der Waals surface area (Å²) in [5, 5.41) is 0.719. The fourth-order valence-corrected chi connectivity index (χ4v) is 1.89. The van der Waals surface area contributed by atoms with Gasteiger partial charge in [0, 0.05) is 18.4 Å². The van der Waals surface area contributed by atoms with Crippen LogP contribution in [0.4, 0.5) is 0 Å². The van der Waals surface area contributed by atoms with Crippen LogP contribution in [0.2, 0.25) is 5.02 Å². The summed E-state index contributed by atoms with van der Waals surface area (Å²) in [4.78, 5) is 3.96. The van der Waals surface area contributed by atoms with E-state index in [1.165, 1.54) is 12.8 Å². The first-order valence-electron chi connectivity index (χ1n) is 5.49. The van der Waals surface area contributed by atoms with Gasteiger partial charge in [0.2, 0.25) is 0 Å². The molecule has 1 heterocycles. The molecule has 2 nitrogen and oxygen atoms in total. The van der Waals surface area contributed by atoms with Crippen LogP contribution in [0.25, 0.3) is 0 Å². The average Bonchev–Trinajstić information content (AvgIpc) is 2.21. The van der Waals surface area contributed by atoms with Crippen LogP contribution in [0.5, 0.6) is 0 Å². The van der Waals surface area contributed by atoms with Gasteiger partial charge in [-0.2, -0.15) is 0 Å². The van der Waals surface area contributed by atoms with Gasteiger partial charge in [-0.15, -0.1) is 0 Å². The maximum atomic E-state index is 6.13. The Balaban J connectivity index is 2.58. The Kier molecular flexibility index (Phi) is 5.06. The number of hydrogen-bond donors (Lipinski definition) is 1. The Bertz CT molecular complexity index is 301. The smallest absolute Gasteiger partial charge is 0.0621 e. The summed E-state index contributed by atoms with van der Waals surface area (Å²) in [5.41, 5.74) is 7.22. The highest BCUT2D eigenvalue weighted by Crippen LogP contribution is 2.18. The highest BCUT2D eigenvalue weighted by molar-refractivity contribution is 6.31. The topological polar surface area (TPSA) is 38.9 Å². The SMILES string of the molecule is CCCC(C)C(N)Cc1ccncc1Cl. The maximum Gasteiger partial charge on any atom is 0.0621 e. The first-order chi connectivity index (χ1) is 7.15. The van der Waals surface area contributed by atoms with Gasteiger partial charge < -0.3 is 5.73 Å². The van der Waals surface area contributed by atoms with Gasteiger partial charge in [-0.05, 0) is 30.4 Å². The Morgan fingerprint density at radius 2 is 2.27 bits per heavy atom. The van der Waals surface area contributed by atoms with Gasteiger partial charge in [0.1, 0.15) is 0 Å². The van der Waals surface area contributed by atoms with Crippen molar-refractivity contribution in [2.24, 2.45) is 11.7 Å². The van der Waals surface area contributed by atoms with Crippen molar-refractivity contribution in [3.63, 3.8) is 0 Å². The Labute approximate surface area is 96.8 Å². The van der Waals surface area contributed by atoms with E-state index >= 15 is 0 Å².